The van der Waals surface area contributed by atoms with Gasteiger partial charge in [0.15, 0.2) is 0 Å². The number of nitrogens with one attached hydrogen (secondary N) is 1. The lowest BCUT2D eigenvalue weighted by Gasteiger charge is -2.15. The number of ether oxygens (including phenoxy) is 1. The van der Waals surface area contributed by atoms with E-state index >= 15 is 0 Å². The van der Waals surface area contributed by atoms with Crippen LogP contribution in [0.25, 0.3) is 0 Å². The molecule has 1 fully saturated rings. The molecule has 1 atom stereocenters. The number of benzene rings is 1. The summed E-state index contributed by atoms with van der Waals surface area (Å²) in [6.45, 7) is 2.97. The summed E-state index contributed by atoms with van der Waals surface area (Å²) in [5, 5.41) is 3.39. The van der Waals surface area contributed by atoms with Crippen molar-refractivity contribution in [3.63, 3.8) is 0 Å². The van der Waals surface area contributed by atoms with Crippen molar-refractivity contribution in [3.8, 4) is 5.75 Å². The molecule has 1 aromatic rings. The standard InChI is InChI=1S/C13H18FNO/c1-9-11(8-10-4-3-7-15-10)12(14)5-6-13(9)16-2/h5-6,10,15H,3-4,7-8H2,1-2H3. The van der Waals surface area contributed by atoms with Gasteiger partial charge >= 0.3 is 0 Å². The summed E-state index contributed by atoms with van der Waals surface area (Å²) in [4.78, 5) is 0. The van der Waals surface area contributed by atoms with Gasteiger partial charge in [0, 0.05) is 6.04 Å². The van der Waals surface area contributed by atoms with Crippen LogP contribution in [0, 0.1) is 12.7 Å². The maximum atomic E-state index is 13.7. The zero-order valence-electron chi connectivity index (χ0n) is 9.85. The Morgan fingerprint density at radius 1 is 1.50 bits per heavy atom. The summed E-state index contributed by atoms with van der Waals surface area (Å²) in [7, 11) is 1.62. The molecule has 1 N–H and O–H groups in total. The quantitative estimate of drug-likeness (QED) is 0.849. The first-order valence-electron chi connectivity index (χ1n) is 5.77. The highest BCUT2D eigenvalue weighted by Gasteiger charge is 2.19. The SMILES string of the molecule is COc1ccc(F)c(CC2CCCN2)c1C. The Labute approximate surface area is 95.8 Å². The van der Waals surface area contributed by atoms with Crippen LogP contribution in [0.15, 0.2) is 12.1 Å². The molecule has 0 spiro atoms. The zero-order chi connectivity index (χ0) is 11.5. The molecular formula is C13H18FNO. The maximum absolute atomic E-state index is 13.7. The van der Waals surface area contributed by atoms with Gasteiger partial charge in [-0.05, 0) is 56.0 Å². The Bertz CT molecular complexity index is 372. The van der Waals surface area contributed by atoms with E-state index in [4.69, 9.17) is 4.74 Å². The fourth-order valence-corrected chi connectivity index (χ4v) is 2.35. The molecule has 0 aromatic heterocycles. The van der Waals surface area contributed by atoms with Gasteiger partial charge in [-0.15, -0.1) is 0 Å². The lowest BCUT2D eigenvalue weighted by atomic mass is 9.99. The van der Waals surface area contributed by atoms with Gasteiger partial charge in [-0.3, -0.25) is 0 Å². The van der Waals surface area contributed by atoms with E-state index in [2.05, 4.69) is 5.32 Å². The second-order valence-corrected chi connectivity index (χ2v) is 4.35. The minimum absolute atomic E-state index is 0.119. The van der Waals surface area contributed by atoms with E-state index in [1.54, 1.807) is 13.2 Å². The average Bonchev–Trinajstić information content (AvgIpc) is 2.77. The van der Waals surface area contributed by atoms with Gasteiger partial charge < -0.3 is 10.1 Å². The Morgan fingerprint density at radius 3 is 2.94 bits per heavy atom. The first kappa shape index (κ1) is 11.4. The van der Waals surface area contributed by atoms with Crippen LogP contribution in [0.2, 0.25) is 0 Å². The van der Waals surface area contributed by atoms with E-state index < -0.39 is 0 Å². The lowest BCUT2D eigenvalue weighted by molar-refractivity contribution is 0.408. The molecule has 0 aliphatic carbocycles. The summed E-state index contributed by atoms with van der Waals surface area (Å²) < 4.78 is 19.0. The first-order chi connectivity index (χ1) is 7.72. The van der Waals surface area contributed by atoms with Crippen LogP contribution in [-0.2, 0) is 6.42 Å². The van der Waals surface area contributed by atoms with Crippen molar-refractivity contribution >= 4 is 0 Å². The number of hydrogen-bond donors (Lipinski definition) is 1. The van der Waals surface area contributed by atoms with Crippen LogP contribution in [0.1, 0.15) is 24.0 Å². The van der Waals surface area contributed by atoms with Gasteiger partial charge in [0.05, 0.1) is 7.11 Å². The summed E-state index contributed by atoms with van der Waals surface area (Å²) in [5.41, 5.74) is 1.72. The topological polar surface area (TPSA) is 21.3 Å². The fraction of sp³-hybridized carbons (Fsp3) is 0.538. The Balaban J connectivity index is 2.23. The van der Waals surface area contributed by atoms with Gasteiger partial charge in [0.25, 0.3) is 0 Å². The molecule has 0 bridgehead atoms. The smallest absolute Gasteiger partial charge is 0.126 e. The molecule has 16 heavy (non-hydrogen) atoms. The van der Waals surface area contributed by atoms with Gasteiger partial charge in [-0.1, -0.05) is 0 Å². The highest BCUT2D eigenvalue weighted by Crippen LogP contribution is 2.26. The molecule has 0 radical (unpaired) electrons. The van der Waals surface area contributed by atoms with Crippen LogP contribution in [0.3, 0.4) is 0 Å². The molecule has 1 aromatic carbocycles. The third kappa shape index (κ3) is 2.19. The van der Waals surface area contributed by atoms with Crippen molar-refractivity contribution in [1.82, 2.24) is 5.32 Å². The van der Waals surface area contributed by atoms with Crippen molar-refractivity contribution in [2.45, 2.75) is 32.2 Å². The molecule has 2 rings (SSSR count). The Hall–Kier alpha value is -1.09. The van der Waals surface area contributed by atoms with Crippen molar-refractivity contribution < 1.29 is 9.13 Å². The van der Waals surface area contributed by atoms with Gasteiger partial charge in [-0.25, -0.2) is 4.39 Å². The van der Waals surface area contributed by atoms with E-state index in [1.807, 2.05) is 6.92 Å². The number of hydrogen-bond acceptors (Lipinski definition) is 2. The van der Waals surface area contributed by atoms with E-state index in [0.29, 0.717) is 6.04 Å². The van der Waals surface area contributed by atoms with E-state index in [1.165, 1.54) is 12.5 Å². The van der Waals surface area contributed by atoms with E-state index in [9.17, 15) is 4.39 Å². The fourth-order valence-electron chi connectivity index (χ4n) is 2.35. The molecule has 1 aliphatic heterocycles. The summed E-state index contributed by atoms with van der Waals surface area (Å²) in [6.07, 6.45) is 3.08. The predicted molar refractivity (Wildman–Crippen MR) is 62.4 cm³/mol. The summed E-state index contributed by atoms with van der Waals surface area (Å²) in [6, 6.07) is 3.60. The second kappa shape index (κ2) is 4.83. The largest absolute Gasteiger partial charge is 0.496 e. The Kier molecular flexibility index (Phi) is 3.44. The van der Waals surface area contributed by atoms with Crippen LogP contribution >= 0.6 is 0 Å². The third-order valence-corrected chi connectivity index (χ3v) is 3.32. The van der Waals surface area contributed by atoms with Crippen molar-refractivity contribution in [1.29, 1.82) is 0 Å². The van der Waals surface area contributed by atoms with Crippen LogP contribution in [0.5, 0.6) is 5.75 Å². The first-order valence-corrected chi connectivity index (χ1v) is 5.77. The minimum Gasteiger partial charge on any atom is -0.496 e. The summed E-state index contributed by atoms with van der Waals surface area (Å²) >= 11 is 0. The molecule has 0 saturated carbocycles. The molecule has 1 heterocycles. The molecule has 1 aliphatic rings. The van der Waals surface area contributed by atoms with Crippen molar-refractivity contribution in [2.24, 2.45) is 0 Å². The molecular weight excluding hydrogens is 205 g/mol. The molecule has 1 unspecified atom stereocenters. The van der Waals surface area contributed by atoms with Crippen LogP contribution in [-0.4, -0.2) is 19.7 Å². The monoisotopic (exact) mass is 223 g/mol. The number of methoxy groups -OCH3 is 1. The minimum atomic E-state index is -0.119. The zero-order valence-corrected chi connectivity index (χ0v) is 9.85. The molecule has 2 nitrogen and oxygen atoms in total. The van der Waals surface area contributed by atoms with E-state index in [-0.39, 0.29) is 5.82 Å². The van der Waals surface area contributed by atoms with Crippen molar-refractivity contribution in [2.75, 3.05) is 13.7 Å². The van der Waals surface area contributed by atoms with Gasteiger partial charge in [-0.2, -0.15) is 0 Å². The third-order valence-electron chi connectivity index (χ3n) is 3.32. The second-order valence-electron chi connectivity index (χ2n) is 4.35. The van der Waals surface area contributed by atoms with Crippen molar-refractivity contribution in [3.05, 3.63) is 29.1 Å². The molecule has 3 heteroatoms. The maximum Gasteiger partial charge on any atom is 0.126 e. The van der Waals surface area contributed by atoms with Crippen LogP contribution < -0.4 is 10.1 Å². The average molecular weight is 223 g/mol. The van der Waals surface area contributed by atoms with Gasteiger partial charge in [0.1, 0.15) is 11.6 Å². The summed E-state index contributed by atoms with van der Waals surface area (Å²) in [5.74, 6) is 0.654. The highest BCUT2D eigenvalue weighted by molar-refractivity contribution is 5.40. The lowest BCUT2D eigenvalue weighted by Crippen LogP contribution is -2.24. The highest BCUT2D eigenvalue weighted by atomic mass is 19.1. The van der Waals surface area contributed by atoms with E-state index in [0.717, 1.165) is 36.3 Å². The number of halogens is 1. The molecule has 88 valence electrons. The predicted octanol–water partition coefficient (Wildman–Crippen LogP) is 2.44. The molecule has 1 saturated heterocycles. The van der Waals surface area contributed by atoms with Crippen LogP contribution in [0.4, 0.5) is 4.39 Å². The molecule has 0 amide bonds. The Morgan fingerprint density at radius 2 is 2.31 bits per heavy atom. The van der Waals surface area contributed by atoms with Gasteiger partial charge in [0.2, 0.25) is 0 Å². The number of rotatable bonds is 3. The normalized spacial score (nSPS) is 20.1.